The van der Waals surface area contributed by atoms with E-state index in [0.29, 0.717) is 12.2 Å². The van der Waals surface area contributed by atoms with Crippen LogP contribution in [0.5, 0.6) is 0 Å². The number of rotatable bonds is 7. The lowest BCUT2D eigenvalue weighted by atomic mass is 10.0. The maximum absolute atomic E-state index is 9.55. The molecule has 3 heterocycles. The third-order valence-corrected chi connectivity index (χ3v) is 5.56. The molecule has 1 aromatic carbocycles. The number of para-hydroxylation sites is 1. The van der Waals surface area contributed by atoms with Gasteiger partial charge in [-0.3, -0.25) is 9.89 Å². The SMILES string of the molecule is O=C(O)C=CC(=O)O.c1ccc(N2CCN(CCCN=C3CCNc4ccccc43)CC2)nc1. The average molecular weight is 466 g/mol. The van der Waals surface area contributed by atoms with Gasteiger partial charge in [0.2, 0.25) is 0 Å². The highest BCUT2D eigenvalue weighted by Gasteiger charge is 2.17. The lowest BCUT2D eigenvalue weighted by molar-refractivity contribution is -0.134. The Balaban J connectivity index is 0.000000350. The number of benzene rings is 1. The number of pyridine rings is 1. The number of aliphatic carboxylic acids is 2. The summed E-state index contributed by atoms with van der Waals surface area (Å²) in [7, 11) is 0. The molecule has 0 atom stereocenters. The Morgan fingerprint density at radius 1 is 1.00 bits per heavy atom. The first-order valence-electron chi connectivity index (χ1n) is 11.4. The summed E-state index contributed by atoms with van der Waals surface area (Å²) in [5.74, 6) is -1.41. The molecule has 0 aliphatic carbocycles. The zero-order chi connectivity index (χ0) is 24.2. The van der Waals surface area contributed by atoms with E-state index in [0.717, 1.165) is 64.5 Å². The number of hydrogen-bond donors (Lipinski definition) is 3. The number of hydrogen-bond acceptors (Lipinski definition) is 7. The number of carboxylic acids is 2. The molecule has 0 bridgehead atoms. The first kappa shape index (κ1) is 24.9. The van der Waals surface area contributed by atoms with Gasteiger partial charge in [-0.05, 0) is 24.6 Å². The summed E-state index contributed by atoms with van der Waals surface area (Å²) in [6.07, 6.45) is 5.15. The molecule has 9 heteroatoms. The number of aliphatic imine (C=N–C) groups is 1. The van der Waals surface area contributed by atoms with Crippen molar-refractivity contribution in [2.24, 2.45) is 4.99 Å². The Labute approximate surface area is 199 Å². The molecule has 3 N–H and O–H groups in total. The number of carboxylic acid groups (broad SMARTS) is 2. The molecular formula is C25H31N5O4. The van der Waals surface area contributed by atoms with Crippen molar-refractivity contribution in [1.82, 2.24) is 9.88 Å². The van der Waals surface area contributed by atoms with Crippen LogP contribution in [0.4, 0.5) is 11.5 Å². The monoisotopic (exact) mass is 465 g/mol. The molecular weight excluding hydrogens is 434 g/mol. The summed E-state index contributed by atoms with van der Waals surface area (Å²) in [6.45, 7) is 7.39. The number of anilines is 2. The molecule has 34 heavy (non-hydrogen) atoms. The van der Waals surface area contributed by atoms with Crippen LogP contribution in [0.3, 0.4) is 0 Å². The van der Waals surface area contributed by atoms with E-state index in [4.69, 9.17) is 15.2 Å². The number of nitrogens with zero attached hydrogens (tertiary/aromatic N) is 4. The zero-order valence-electron chi connectivity index (χ0n) is 19.1. The standard InChI is InChI=1S/C21H27N5.C4H4O4/c1-2-7-19-18(6-1)20(9-12-23-19)22-11-5-13-25-14-16-26(17-15-25)21-8-3-4-10-24-21;5-3(6)1-2-4(7)8/h1-4,6-8,10,23H,5,9,11-17H2;1-2H,(H,5,6)(H,7,8). The van der Waals surface area contributed by atoms with Crippen molar-refractivity contribution >= 4 is 29.2 Å². The fraction of sp³-hybridized carbons (Fsp3) is 0.360. The third-order valence-electron chi connectivity index (χ3n) is 5.56. The summed E-state index contributed by atoms with van der Waals surface area (Å²) < 4.78 is 0. The molecule has 0 saturated carbocycles. The van der Waals surface area contributed by atoms with E-state index in [9.17, 15) is 9.59 Å². The van der Waals surface area contributed by atoms with Crippen molar-refractivity contribution in [3.63, 3.8) is 0 Å². The van der Waals surface area contributed by atoms with Crippen LogP contribution in [0.1, 0.15) is 18.4 Å². The van der Waals surface area contributed by atoms with Crippen molar-refractivity contribution in [2.45, 2.75) is 12.8 Å². The predicted octanol–water partition coefficient (Wildman–Crippen LogP) is 2.61. The summed E-state index contributed by atoms with van der Waals surface area (Å²) in [5, 5.41) is 19.1. The highest BCUT2D eigenvalue weighted by atomic mass is 16.4. The number of aromatic nitrogens is 1. The topological polar surface area (TPSA) is 118 Å². The zero-order valence-corrected chi connectivity index (χ0v) is 19.1. The smallest absolute Gasteiger partial charge is 0.328 e. The lowest BCUT2D eigenvalue weighted by Crippen LogP contribution is -2.47. The molecule has 0 amide bonds. The molecule has 9 nitrogen and oxygen atoms in total. The largest absolute Gasteiger partial charge is 0.478 e. The van der Waals surface area contributed by atoms with E-state index in [1.165, 1.54) is 17.0 Å². The highest BCUT2D eigenvalue weighted by molar-refractivity contribution is 6.06. The van der Waals surface area contributed by atoms with Gasteiger partial charge in [0.05, 0.1) is 0 Å². The molecule has 1 fully saturated rings. The van der Waals surface area contributed by atoms with Crippen LogP contribution in [0, 0.1) is 0 Å². The fourth-order valence-corrected chi connectivity index (χ4v) is 3.90. The maximum Gasteiger partial charge on any atom is 0.328 e. The molecule has 0 spiro atoms. The minimum atomic E-state index is -1.26. The van der Waals surface area contributed by atoms with Gasteiger partial charge in [0.25, 0.3) is 0 Å². The molecule has 2 aliphatic heterocycles. The van der Waals surface area contributed by atoms with E-state index >= 15 is 0 Å². The Morgan fingerprint density at radius 3 is 2.38 bits per heavy atom. The number of fused-ring (bicyclic) bond motifs is 1. The Morgan fingerprint density at radius 2 is 1.71 bits per heavy atom. The van der Waals surface area contributed by atoms with Crippen molar-refractivity contribution in [3.8, 4) is 0 Å². The minimum Gasteiger partial charge on any atom is -0.478 e. The predicted molar refractivity (Wildman–Crippen MR) is 133 cm³/mol. The van der Waals surface area contributed by atoms with Gasteiger partial charge in [-0.2, -0.15) is 0 Å². The van der Waals surface area contributed by atoms with Crippen molar-refractivity contribution in [3.05, 3.63) is 66.4 Å². The molecule has 1 aromatic heterocycles. The van der Waals surface area contributed by atoms with Gasteiger partial charge in [0.15, 0.2) is 0 Å². The summed E-state index contributed by atoms with van der Waals surface area (Å²) in [5.41, 5.74) is 3.77. The van der Waals surface area contributed by atoms with Crippen molar-refractivity contribution in [1.29, 1.82) is 0 Å². The normalized spacial score (nSPS) is 16.9. The van der Waals surface area contributed by atoms with E-state index in [1.807, 2.05) is 12.3 Å². The highest BCUT2D eigenvalue weighted by Crippen LogP contribution is 2.21. The number of nitrogens with one attached hydrogen (secondary N) is 1. The van der Waals surface area contributed by atoms with Crippen molar-refractivity contribution < 1.29 is 19.8 Å². The van der Waals surface area contributed by atoms with Gasteiger partial charge < -0.3 is 20.4 Å². The average Bonchev–Trinajstić information content (AvgIpc) is 2.87. The van der Waals surface area contributed by atoms with Gasteiger partial charge in [0.1, 0.15) is 5.82 Å². The van der Waals surface area contributed by atoms with Crippen LogP contribution in [-0.4, -0.2) is 83.6 Å². The van der Waals surface area contributed by atoms with Crippen LogP contribution in [0.15, 0.2) is 65.8 Å². The van der Waals surface area contributed by atoms with Gasteiger partial charge in [0, 0.05) is 87.5 Å². The second kappa shape index (κ2) is 13.1. The van der Waals surface area contributed by atoms with Crippen LogP contribution in [0.2, 0.25) is 0 Å². The summed E-state index contributed by atoms with van der Waals surface area (Å²) in [4.78, 5) is 33.4. The molecule has 180 valence electrons. The van der Waals surface area contributed by atoms with Crippen LogP contribution < -0.4 is 10.2 Å². The van der Waals surface area contributed by atoms with E-state index in [1.54, 1.807) is 0 Å². The van der Waals surface area contributed by atoms with E-state index in [-0.39, 0.29) is 0 Å². The van der Waals surface area contributed by atoms with Gasteiger partial charge in [-0.25, -0.2) is 14.6 Å². The second-order valence-electron chi connectivity index (χ2n) is 7.93. The van der Waals surface area contributed by atoms with Gasteiger partial charge >= 0.3 is 11.9 Å². The van der Waals surface area contributed by atoms with Crippen molar-refractivity contribution in [2.75, 3.05) is 56.0 Å². The first-order chi connectivity index (χ1) is 16.5. The number of piperazine rings is 1. The minimum absolute atomic E-state index is 0.558. The summed E-state index contributed by atoms with van der Waals surface area (Å²) in [6, 6.07) is 14.6. The molecule has 0 unspecified atom stereocenters. The van der Waals surface area contributed by atoms with Crippen LogP contribution >= 0.6 is 0 Å². The number of carbonyl (C=O) groups is 2. The molecule has 2 aromatic rings. The molecule has 0 radical (unpaired) electrons. The first-order valence-corrected chi connectivity index (χ1v) is 11.4. The lowest BCUT2D eigenvalue weighted by Gasteiger charge is -2.35. The Hall–Kier alpha value is -3.72. The van der Waals surface area contributed by atoms with E-state index < -0.39 is 11.9 Å². The van der Waals surface area contributed by atoms with Crippen LogP contribution in [-0.2, 0) is 9.59 Å². The van der Waals surface area contributed by atoms with Gasteiger partial charge in [-0.15, -0.1) is 0 Å². The molecule has 2 aliphatic rings. The second-order valence-corrected chi connectivity index (χ2v) is 7.93. The van der Waals surface area contributed by atoms with Gasteiger partial charge in [-0.1, -0.05) is 24.3 Å². The maximum atomic E-state index is 9.55. The molecule has 4 rings (SSSR count). The van der Waals surface area contributed by atoms with E-state index in [2.05, 4.69) is 56.5 Å². The summed E-state index contributed by atoms with van der Waals surface area (Å²) >= 11 is 0. The third kappa shape index (κ3) is 8.00. The van der Waals surface area contributed by atoms with Crippen LogP contribution in [0.25, 0.3) is 0 Å². The quantitative estimate of drug-likeness (QED) is 0.422. The Kier molecular flexibility index (Phi) is 9.60. The fourth-order valence-electron chi connectivity index (χ4n) is 3.90. The Bertz CT molecular complexity index is 985. The molecule has 1 saturated heterocycles.